The number of nitrogens with zero attached hydrogens (tertiary/aromatic N) is 1. The summed E-state index contributed by atoms with van der Waals surface area (Å²) in [6, 6.07) is 12.5. The fourth-order valence-electron chi connectivity index (χ4n) is 2.38. The molecular formula is C17H11Br2FN2O2S. The van der Waals surface area contributed by atoms with Crippen LogP contribution in [0.25, 0.3) is 22.4 Å². The monoisotopic (exact) mass is 484 g/mol. The molecule has 0 aliphatic heterocycles. The molecule has 0 amide bonds. The lowest BCUT2D eigenvalue weighted by molar-refractivity contribution is 0.596. The van der Waals surface area contributed by atoms with E-state index in [1.54, 1.807) is 12.1 Å². The number of sulfonamides is 1. The van der Waals surface area contributed by atoms with E-state index in [1.807, 2.05) is 18.2 Å². The maximum Gasteiger partial charge on any atom is 0.238 e. The topological polar surface area (TPSA) is 73.1 Å². The van der Waals surface area contributed by atoms with E-state index >= 15 is 0 Å². The molecule has 1 aromatic heterocycles. The Morgan fingerprint density at radius 1 is 0.960 bits per heavy atom. The van der Waals surface area contributed by atoms with Crippen LogP contribution in [0.15, 0.2) is 68.6 Å². The zero-order chi connectivity index (χ0) is 18.2. The van der Waals surface area contributed by atoms with E-state index in [9.17, 15) is 12.8 Å². The molecule has 3 rings (SSSR count). The first-order valence-electron chi connectivity index (χ1n) is 7.00. The minimum absolute atomic E-state index is 0.0705. The molecule has 0 atom stereocenters. The molecule has 0 bridgehead atoms. The number of pyridine rings is 1. The van der Waals surface area contributed by atoms with Crippen LogP contribution in [0.2, 0.25) is 0 Å². The molecule has 25 heavy (non-hydrogen) atoms. The van der Waals surface area contributed by atoms with E-state index in [0.717, 1.165) is 26.6 Å². The first kappa shape index (κ1) is 18.2. The maximum absolute atomic E-state index is 14.4. The van der Waals surface area contributed by atoms with Crippen LogP contribution in [0.3, 0.4) is 0 Å². The van der Waals surface area contributed by atoms with E-state index in [-0.39, 0.29) is 10.5 Å². The van der Waals surface area contributed by atoms with Gasteiger partial charge in [-0.05, 0) is 73.8 Å². The van der Waals surface area contributed by atoms with Gasteiger partial charge in [-0.25, -0.2) is 17.9 Å². The Balaban J connectivity index is 2.25. The Kier molecular flexibility index (Phi) is 5.06. The summed E-state index contributed by atoms with van der Waals surface area (Å²) < 4.78 is 39.3. The summed E-state index contributed by atoms with van der Waals surface area (Å²) in [6.45, 7) is 0. The van der Waals surface area contributed by atoms with Crippen LogP contribution in [0.1, 0.15) is 0 Å². The average Bonchev–Trinajstić information content (AvgIpc) is 2.57. The van der Waals surface area contributed by atoms with Gasteiger partial charge < -0.3 is 0 Å². The number of aromatic nitrogens is 1. The number of halogens is 3. The van der Waals surface area contributed by atoms with Crippen molar-refractivity contribution in [1.82, 2.24) is 4.98 Å². The molecule has 2 N–H and O–H groups in total. The summed E-state index contributed by atoms with van der Waals surface area (Å²) in [5.41, 5.74) is 1.88. The summed E-state index contributed by atoms with van der Waals surface area (Å²) in [5.74, 6) is -0.580. The molecule has 0 aliphatic rings. The average molecular weight is 486 g/mol. The molecule has 2 aromatic carbocycles. The second kappa shape index (κ2) is 6.95. The number of hydrogen-bond donors (Lipinski definition) is 1. The first-order chi connectivity index (χ1) is 11.8. The van der Waals surface area contributed by atoms with Crippen molar-refractivity contribution >= 4 is 41.9 Å². The second-order valence-electron chi connectivity index (χ2n) is 5.22. The van der Waals surface area contributed by atoms with E-state index < -0.39 is 15.8 Å². The molecule has 3 aromatic rings. The van der Waals surface area contributed by atoms with Crippen LogP contribution in [0.5, 0.6) is 0 Å². The van der Waals surface area contributed by atoms with E-state index in [2.05, 4.69) is 36.8 Å². The third-order valence-corrected chi connectivity index (χ3v) is 6.35. The van der Waals surface area contributed by atoms with E-state index in [4.69, 9.17) is 5.14 Å². The highest BCUT2D eigenvalue weighted by Crippen LogP contribution is 2.35. The van der Waals surface area contributed by atoms with Crippen LogP contribution in [-0.2, 0) is 10.0 Å². The van der Waals surface area contributed by atoms with Crippen LogP contribution >= 0.6 is 31.9 Å². The highest BCUT2D eigenvalue weighted by molar-refractivity contribution is 9.13. The molecule has 0 radical (unpaired) electrons. The quantitative estimate of drug-likeness (QED) is 0.582. The van der Waals surface area contributed by atoms with E-state index in [1.165, 1.54) is 12.3 Å². The normalized spacial score (nSPS) is 11.5. The van der Waals surface area contributed by atoms with Crippen molar-refractivity contribution < 1.29 is 12.8 Å². The lowest BCUT2D eigenvalue weighted by atomic mass is 9.99. The van der Waals surface area contributed by atoms with Gasteiger partial charge in [-0.1, -0.05) is 12.1 Å². The zero-order valence-electron chi connectivity index (χ0n) is 12.6. The standard InChI is InChI=1S/C17H11Br2FN2O2S/c18-14-5-3-10(8-15(14)19)12-2-1-7-22-17(12)13-9-11(25(21,23)24)4-6-16(13)20/h1-9H,(H2,21,23,24). The van der Waals surface area contributed by atoms with Crippen LogP contribution in [0.4, 0.5) is 4.39 Å². The van der Waals surface area contributed by atoms with Gasteiger partial charge in [-0.2, -0.15) is 0 Å². The molecule has 0 unspecified atom stereocenters. The van der Waals surface area contributed by atoms with Gasteiger partial charge in [-0.3, -0.25) is 4.98 Å². The van der Waals surface area contributed by atoms with Crippen LogP contribution in [0, 0.1) is 5.82 Å². The fraction of sp³-hybridized carbons (Fsp3) is 0. The number of rotatable bonds is 3. The van der Waals surface area contributed by atoms with Crippen LogP contribution < -0.4 is 5.14 Å². The molecule has 4 nitrogen and oxygen atoms in total. The minimum Gasteiger partial charge on any atom is -0.255 e. The van der Waals surface area contributed by atoms with Gasteiger partial charge in [0, 0.05) is 26.3 Å². The van der Waals surface area contributed by atoms with Gasteiger partial charge in [0.25, 0.3) is 0 Å². The Morgan fingerprint density at radius 2 is 1.72 bits per heavy atom. The molecule has 0 aliphatic carbocycles. The van der Waals surface area contributed by atoms with Crippen molar-refractivity contribution in [2.45, 2.75) is 4.90 Å². The Bertz CT molecular complexity index is 1070. The van der Waals surface area contributed by atoms with Gasteiger partial charge >= 0.3 is 0 Å². The molecule has 0 fully saturated rings. The number of primary sulfonamides is 1. The highest BCUT2D eigenvalue weighted by Gasteiger charge is 2.17. The third kappa shape index (κ3) is 3.82. The predicted molar refractivity (Wildman–Crippen MR) is 102 cm³/mol. The summed E-state index contributed by atoms with van der Waals surface area (Å²) in [4.78, 5) is 4.09. The third-order valence-electron chi connectivity index (χ3n) is 3.56. The molecule has 0 saturated heterocycles. The largest absolute Gasteiger partial charge is 0.255 e. The van der Waals surface area contributed by atoms with E-state index in [0.29, 0.717) is 11.3 Å². The van der Waals surface area contributed by atoms with Gasteiger partial charge in [0.2, 0.25) is 10.0 Å². The van der Waals surface area contributed by atoms with Gasteiger partial charge in [0.05, 0.1) is 10.6 Å². The fourth-order valence-corrected chi connectivity index (χ4v) is 3.54. The van der Waals surface area contributed by atoms with Crippen molar-refractivity contribution in [3.05, 3.63) is 69.5 Å². The first-order valence-corrected chi connectivity index (χ1v) is 10.1. The maximum atomic E-state index is 14.4. The predicted octanol–water partition coefficient (Wildman–Crippen LogP) is 4.73. The molecule has 0 spiro atoms. The summed E-state index contributed by atoms with van der Waals surface area (Å²) in [6.07, 6.45) is 1.52. The van der Waals surface area contributed by atoms with Crippen molar-refractivity contribution in [1.29, 1.82) is 0 Å². The number of nitrogens with two attached hydrogens (primary N) is 1. The number of benzene rings is 2. The molecule has 8 heteroatoms. The van der Waals surface area contributed by atoms with Crippen molar-refractivity contribution in [2.75, 3.05) is 0 Å². The highest BCUT2D eigenvalue weighted by atomic mass is 79.9. The lowest BCUT2D eigenvalue weighted by Gasteiger charge is -2.11. The minimum atomic E-state index is -3.95. The Morgan fingerprint density at radius 3 is 2.40 bits per heavy atom. The molecule has 128 valence electrons. The van der Waals surface area contributed by atoms with Gasteiger partial charge in [0.1, 0.15) is 5.82 Å². The summed E-state index contributed by atoms with van der Waals surface area (Å²) >= 11 is 6.84. The lowest BCUT2D eigenvalue weighted by Crippen LogP contribution is -2.12. The summed E-state index contributed by atoms with van der Waals surface area (Å²) in [7, 11) is -3.95. The molecular weight excluding hydrogens is 475 g/mol. The zero-order valence-corrected chi connectivity index (χ0v) is 16.6. The number of hydrogen-bond acceptors (Lipinski definition) is 3. The summed E-state index contributed by atoms with van der Waals surface area (Å²) in [5, 5.41) is 5.16. The van der Waals surface area contributed by atoms with Gasteiger partial charge in [-0.15, -0.1) is 0 Å². The Labute approximate surface area is 161 Å². The van der Waals surface area contributed by atoms with Crippen molar-refractivity contribution in [3.63, 3.8) is 0 Å². The molecule has 1 heterocycles. The van der Waals surface area contributed by atoms with Crippen LogP contribution in [-0.4, -0.2) is 13.4 Å². The van der Waals surface area contributed by atoms with Gasteiger partial charge in [0.15, 0.2) is 0 Å². The second-order valence-corrected chi connectivity index (χ2v) is 8.49. The van der Waals surface area contributed by atoms with Crippen molar-refractivity contribution in [2.24, 2.45) is 5.14 Å². The van der Waals surface area contributed by atoms with Crippen molar-refractivity contribution in [3.8, 4) is 22.4 Å². The Hall–Kier alpha value is -1.61. The smallest absolute Gasteiger partial charge is 0.238 e. The molecule has 0 saturated carbocycles. The SMILES string of the molecule is NS(=O)(=O)c1ccc(F)c(-c2ncccc2-c2ccc(Br)c(Br)c2)c1.